The van der Waals surface area contributed by atoms with Crippen molar-refractivity contribution in [2.45, 2.75) is 20.8 Å². The first kappa shape index (κ1) is 17.7. The van der Waals surface area contributed by atoms with Gasteiger partial charge in [0.05, 0.1) is 18.4 Å². The second-order valence-electron chi connectivity index (χ2n) is 6.30. The van der Waals surface area contributed by atoms with Gasteiger partial charge >= 0.3 is 5.97 Å². The molecule has 26 heavy (non-hydrogen) atoms. The minimum absolute atomic E-state index is 0.361. The molecule has 1 aromatic heterocycles. The van der Waals surface area contributed by atoms with Gasteiger partial charge in [0.1, 0.15) is 0 Å². The monoisotopic (exact) mass is 346 g/mol. The maximum Gasteiger partial charge on any atom is 0.337 e. The summed E-state index contributed by atoms with van der Waals surface area (Å²) in [4.78, 5) is 16.2. The molecule has 3 aromatic rings. The zero-order valence-electron chi connectivity index (χ0n) is 15.5. The fourth-order valence-corrected chi connectivity index (χ4v) is 3.06. The van der Waals surface area contributed by atoms with Crippen LogP contribution in [0.5, 0.6) is 0 Å². The molecule has 0 saturated heterocycles. The SMILES string of the molecule is COC(=O)c1cccc(N=Cc2cc(C)n(-c3cccc(C)c3)c2C)c1. The fraction of sp³-hybridized carbons (Fsp3) is 0.182. The van der Waals surface area contributed by atoms with Gasteiger partial charge in [0, 0.05) is 28.9 Å². The molecule has 132 valence electrons. The van der Waals surface area contributed by atoms with E-state index in [4.69, 9.17) is 4.74 Å². The number of methoxy groups -OCH3 is 1. The van der Waals surface area contributed by atoms with E-state index in [0.717, 1.165) is 22.6 Å². The van der Waals surface area contributed by atoms with Gasteiger partial charge in [-0.2, -0.15) is 0 Å². The lowest BCUT2D eigenvalue weighted by atomic mass is 10.2. The van der Waals surface area contributed by atoms with Gasteiger partial charge < -0.3 is 9.30 Å². The second-order valence-corrected chi connectivity index (χ2v) is 6.30. The number of nitrogens with zero attached hydrogens (tertiary/aromatic N) is 2. The molecule has 2 aromatic carbocycles. The van der Waals surface area contributed by atoms with Crippen LogP contribution in [-0.4, -0.2) is 23.9 Å². The van der Waals surface area contributed by atoms with Gasteiger partial charge in [-0.05, 0) is 62.7 Å². The highest BCUT2D eigenvalue weighted by Gasteiger charge is 2.10. The third-order valence-electron chi connectivity index (χ3n) is 4.35. The highest BCUT2D eigenvalue weighted by molar-refractivity contribution is 5.91. The highest BCUT2D eigenvalue weighted by Crippen LogP contribution is 2.22. The van der Waals surface area contributed by atoms with Crippen molar-refractivity contribution in [3.8, 4) is 5.69 Å². The van der Waals surface area contributed by atoms with E-state index in [0.29, 0.717) is 11.3 Å². The molecule has 4 nitrogen and oxygen atoms in total. The van der Waals surface area contributed by atoms with Gasteiger partial charge in [0.25, 0.3) is 0 Å². The number of aromatic nitrogens is 1. The van der Waals surface area contributed by atoms with E-state index < -0.39 is 0 Å². The zero-order chi connectivity index (χ0) is 18.7. The van der Waals surface area contributed by atoms with E-state index in [-0.39, 0.29) is 5.97 Å². The Hall–Kier alpha value is -3.14. The van der Waals surface area contributed by atoms with E-state index in [2.05, 4.69) is 60.7 Å². The van der Waals surface area contributed by atoms with Crippen LogP contribution >= 0.6 is 0 Å². The number of benzene rings is 2. The van der Waals surface area contributed by atoms with Crippen molar-refractivity contribution in [2.75, 3.05) is 7.11 Å². The summed E-state index contributed by atoms with van der Waals surface area (Å²) in [6, 6.07) is 17.7. The summed E-state index contributed by atoms with van der Waals surface area (Å²) < 4.78 is 6.98. The largest absolute Gasteiger partial charge is 0.465 e. The summed E-state index contributed by atoms with van der Waals surface area (Å²) in [5.41, 5.74) is 6.91. The first-order valence-electron chi connectivity index (χ1n) is 8.48. The Bertz CT molecular complexity index is 984. The number of aliphatic imine (C=N–C) groups is 1. The number of ether oxygens (including phenoxy) is 1. The molecule has 0 aliphatic carbocycles. The van der Waals surface area contributed by atoms with Crippen LogP contribution in [0.15, 0.2) is 59.6 Å². The topological polar surface area (TPSA) is 43.6 Å². The molecule has 0 amide bonds. The highest BCUT2D eigenvalue weighted by atomic mass is 16.5. The first-order chi connectivity index (χ1) is 12.5. The summed E-state index contributed by atoms with van der Waals surface area (Å²) in [5, 5.41) is 0. The van der Waals surface area contributed by atoms with E-state index in [1.54, 1.807) is 18.2 Å². The Morgan fingerprint density at radius 2 is 1.81 bits per heavy atom. The Kier molecular flexibility index (Phi) is 5.03. The molecular formula is C22H22N2O2. The zero-order valence-corrected chi connectivity index (χ0v) is 15.5. The van der Waals surface area contributed by atoms with Gasteiger partial charge in [-0.1, -0.05) is 18.2 Å². The van der Waals surface area contributed by atoms with Crippen molar-refractivity contribution in [3.05, 3.63) is 82.7 Å². The van der Waals surface area contributed by atoms with Crippen molar-refractivity contribution in [1.29, 1.82) is 0 Å². The minimum Gasteiger partial charge on any atom is -0.465 e. The third kappa shape index (κ3) is 3.59. The van der Waals surface area contributed by atoms with Crippen molar-refractivity contribution < 1.29 is 9.53 Å². The summed E-state index contributed by atoms with van der Waals surface area (Å²) in [7, 11) is 1.37. The molecule has 4 heteroatoms. The molecule has 0 unspecified atom stereocenters. The number of hydrogen-bond acceptors (Lipinski definition) is 3. The van der Waals surface area contributed by atoms with Gasteiger partial charge in [-0.15, -0.1) is 0 Å². The Morgan fingerprint density at radius 3 is 2.54 bits per heavy atom. The normalized spacial score (nSPS) is 11.1. The van der Waals surface area contributed by atoms with Crippen LogP contribution in [-0.2, 0) is 4.74 Å². The number of esters is 1. The maximum absolute atomic E-state index is 11.6. The van der Waals surface area contributed by atoms with Gasteiger partial charge in [-0.3, -0.25) is 4.99 Å². The molecule has 0 aliphatic rings. The van der Waals surface area contributed by atoms with Crippen LogP contribution in [0.25, 0.3) is 5.69 Å². The molecule has 0 radical (unpaired) electrons. The summed E-state index contributed by atoms with van der Waals surface area (Å²) in [6.07, 6.45) is 1.84. The van der Waals surface area contributed by atoms with Gasteiger partial charge in [0.2, 0.25) is 0 Å². The van der Waals surface area contributed by atoms with E-state index in [9.17, 15) is 4.79 Å². The Labute approximate surface area is 153 Å². The predicted octanol–water partition coefficient (Wildman–Crippen LogP) is 4.94. The van der Waals surface area contributed by atoms with Crippen LogP contribution in [0.2, 0.25) is 0 Å². The number of carbonyl (C=O) groups is 1. The van der Waals surface area contributed by atoms with Crippen molar-refractivity contribution in [1.82, 2.24) is 4.57 Å². The van der Waals surface area contributed by atoms with E-state index >= 15 is 0 Å². The molecule has 1 heterocycles. The standard InChI is InChI=1S/C22H22N2O2/c1-15-7-5-10-21(11-15)24-16(2)12-19(17(24)3)14-23-20-9-6-8-18(13-20)22(25)26-4/h5-14H,1-4H3. The Balaban J connectivity index is 1.93. The minimum atomic E-state index is -0.361. The van der Waals surface area contributed by atoms with Gasteiger partial charge in [-0.25, -0.2) is 4.79 Å². The molecular weight excluding hydrogens is 324 g/mol. The lowest BCUT2D eigenvalue weighted by Gasteiger charge is -2.10. The number of hydrogen-bond donors (Lipinski definition) is 0. The van der Waals surface area contributed by atoms with Crippen LogP contribution in [0.1, 0.15) is 32.9 Å². The van der Waals surface area contributed by atoms with Gasteiger partial charge in [0.15, 0.2) is 0 Å². The van der Waals surface area contributed by atoms with E-state index in [1.807, 2.05) is 12.3 Å². The molecule has 0 fully saturated rings. The quantitative estimate of drug-likeness (QED) is 0.496. The Morgan fingerprint density at radius 1 is 1.04 bits per heavy atom. The number of rotatable bonds is 4. The fourth-order valence-electron chi connectivity index (χ4n) is 3.06. The molecule has 0 saturated carbocycles. The summed E-state index contributed by atoms with van der Waals surface area (Å²) in [6.45, 7) is 6.26. The molecule has 0 bridgehead atoms. The maximum atomic E-state index is 11.6. The average Bonchev–Trinajstić information content (AvgIpc) is 2.93. The van der Waals surface area contributed by atoms with Crippen LogP contribution < -0.4 is 0 Å². The molecule has 0 aliphatic heterocycles. The van der Waals surface area contributed by atoms with Crippen LogP contribution in [0.4, 0.5) is 5.69 Å². The van der Waals surface area contributed by atoms with Crippen LogP contribution in [0.3, 0.4) is 0 Å². The lowest BCUT2D eigenvalue weighted by Crippen LogP contribution is -2.00. The number of aryl methyl sites for hydroxylation is 2. The molecule has 3 rings (SSSR count). The van der Waals surface area contributed by atoms with Crippen molar-refractivity contribution >= 4 is 17.9 Å². The molecule has 0 N–H and O–H groups in total. The van der Waals surface area contributed by atoms with E-state index in [1.165, 1.54) is 12.7 Å². The molecule has 0 spiro atoms. The molecule has 0 atom stereocenters. The smallest absolute Gasteiger partial charge is 0.337 e. The predicted molar refractivity (Wildman–Crippen MR) is 105 cm³/mol. The summed E-state index contributed by atoms with van der Waals surface area (Å²) >= 11 is 0. The number of carbonyl (C=O) groups excluding carboxylic acids is 1. The first-order valence-corrected chi connectivity index (χ1v) is 8.48. The third-order valence-corrected chi connectivity index (χ3v) is 4.35. The average molecular weight is 346 g/mol. The summed E-state index contributed by atoms with van der Waals surface area (Å²) in [5.74, 6) is -0.361. The lowest BCUT2D eigenvalue weighted by molar-refractivity contribution is 0.0601. The van der Waals surface area contributed by atoms with Crippen molar-refractivity contribution in [2.24, 2.45) is 4.99 Å². The second kappa shape index (κ2) is 7.40. The van der Waals surface area contributed by atoms with Crippen LogP contribution in [0, 0.1) is 20.8 Å². The van der Waals surface area contributed by atoms with Crippen molar-refractivity contribution in [3.63, 3.8) is 0 Å².